The minimum atomic E-state index is 0.660. The van der Waals surface area contributed by atoms with Crippen molar-refractivity contribution in [1.82, 2.24) is 10.2 Å². The van der Waals surface area contributed by atoms with Crippen LogP contribution in [-0.4, -0.2) is 37.6 Å². The van der Waals surface area contributed by atoms with E-state index in [1.807, 2.05) is 0 Å². The third kappa shape index (κ3) is 1.41. The molecule has 3 aliphatic rings. The van der Waals surface area contributed by atoms with Gasteiger partial charge in [-0.1, -0.05) is 13.3 Å². The molecule has 0 amide bonds. The summed E-state index contributed by atoms with van der Waals surface area (Å²) < 4.78 is 0. The lowest BCUT2D eigenvalue weighted by Gasteiger charge is -2.41. The molecule has 0 aromatic rings. The van der Waals surface area contributed by atoms with Crippen LogP contribution >= 0.6 is 0 Å². The summed E-state index contributed by atoms with van der Waals surface area (Å²) in [5.74, 6) is 0. The molecule has 14 heavy (non-hydrogen) atoms. The first-order valence-corrected chi connectivity index (χ1v) is 5.88. The SMILES string of the molecule is CC1(CN2CC3=C(CNC3)C2)CCC1. The first-order chi connectivity index (χ1) is 6.75. The lowest BCUT2D eigenvalue weighted by Crippen LogP contribution is -2.40. The molecule has 1 saturated carbocycles. The van der Waals surface area contributed by atoms with Crippen LogP contribution in [0.1, 0.15) is 26.2 Å². The van der Waals surface area contributed by atoms with Crippen LogP contribution in [-0.2, 0) is 0 Å². The van der Waals surface area contributed by atoms with E-state index < -0.39 is 0 Å². The standard InChI is InChI=1S/C12H20N2/c1-12(3-2-4-12)9-14-7-10-5-13-6-11(10)8-14/h13H,2-9H2,1H3. The van der Waals surface area contributed by atoms with E-state index in [2.05, 4.69) is 17.1 Å². The zero-order valence-corrected chi connectivity index (χ0v) is 9.10. The maximum atomic E-state index is 3.43. The van der Waals surface area contributed by atoms with E-state index in [0.29, 0.717) is 5.41 Å². The molecular formula is C12H20N2. The van der Waals surface area contributed by atoms with Crippen LogP contribution in [0.2, 0.25) is 0 Å². The summed E-state index contributed by atoms with van der Waals surface area (Å²) >= 11 is 0. The molecule has 2 nitrogen and oxygen atoms in total. The van der Waals surface area contributed by atoms with Gasteiger partial charge in [0.15, 0.2) is 0 Å². The molecule has 78 valence electrons. The molecule has 0 aromatic carbocycles. The van der Waals surface area contributed by atoms with E-state index in [1.54, 1.807) is 11.1 Å². The van der Waals surface area contributed by atoms with Crippen molar-refractivity contribution in [3.63, 3.8) is 0 Å². The van der Waals surface area contributed by atoms with E-state index >= 15 is 0 Å². The topological polar surface area (TPSA) is 15.3 Å². The van der Waals surface area contributed by atoms with Crippen LogP contribution in [0.4, 0.5) is 0 Å². The Morgan fingerprint density at radius 3 is 2.36 bits per heavy atom. The van der Waals surface area contributed by atoms with Crippen LogP contribution in [0.5, 0.6) is 0 Å². The normalized spacial score (nSPS) is 30.6. The molecule has 2 heteroatoms. The van der Waals surface area contributed by atoms with Gasteiger partial charge < -0.3 is 5.32 Å². The summed E-state index contributed by atoms with van der Waals surface area (Å²) in [6.07, 6.45) is 4.36. The summed E-state index contributed by atoms with van der Waals surface area (Å²) in [5, 5.41) is 3.43. The summed E-state index contributed by atoms with van der Waals surface area (Å²) in [4.78, 5) is 2.66. The Balaban J connectivity index is 1.58. The van der Waals surface area contributed by atoms with Gasteiger partial charge in [-0.05, 0) is 29.4 Å². The molecule has 1 N–H and O–H groups in total. The Morgan fingerprint density at radius 1 is 1.21 bits per heavy atom. The average molecular weight is 192 g/mol. The number of nitrogens with zero attached hydrogens (tertiary/aromatic N) is 1. The lowest BCUT2D eigenvalue weighted by atomic mass is 9.70. The molecule has 1 fully saturated rings. The highest BCUT2D eigenvalue weighted by Gasteiger charge is 2.36. The van der Waals surface area contributed by atoms with Crippen molar-refractivity contribution in [2.75, 3.05) is 32.7 Å². The summed E-state index contributed by atoms with van der Waals surface area (Å²) in [6.45, 7) is 8.60. The smallest absolute Gasteiger partial charge is 0.0212 e. The van der Waals surface area contributed by atoms with Gasteiger partial charge in [0, 0.05) is 32.7 Å². The number of nitrogens with one attached hydrogen (secondary N) is 1. The summed E-state index contributed by atoms with van der Waals surface area (Å²) in [5.41, 5.74) is 4.04. The molecule has 0 aromatic heterocycles. The molecule has 2 heterocycles. The fourth-order valence-electron chi connectivity index (χ4n) is 3.14. The van der Waals surface area contributed by atoms with Crippen LogP contribution in [0.3, 0.4) is 0 Å². The van der Waals surface area contributed by atoms with Crippen LogP contribution in [0.15, 0.2) is 11.1 Å². The van der Waals surface area contributed by atoms with Gasteiger partial charge in [-0.25, -0.2) is 0 Å². The van der Waals surface area contributed by atoms with E-state index in [1.165, 1.54) is 38.9 Å². The van der Waals surface area contributed by atoms with E-state index in [0.717, 1.165) is 13.1 Å². The Morgan fingerprint density at radius 2 is 1.86 bits per heavy atom. The Kier molecular flexibility index (Phi) is 1.96. The summed E-state index contributed by atoms with van der Waals surface area (Å²) in [6, 6.07) is 0. The van der Waals surface area contributed by atoms with Gasteiger partial charge in [0.2, 0.25) is 0 Å². The summed E-state index contributed by atoms with van der Waals surface area (Å²) in [7, 11) is 0. The second-order valence-corrected chi connectivity index (χ2v) is 5.62. The molecule has 0 atom stereocenters. The molecule has 2 aliphatic heterocycles. The molecule has 0 saturated heterocycles. The van der Waals surface area contributed by atoms with Gasteiger partial charge in [0.25, 0.3) is 0 Å². The predicted octanol–water partition coefficient (Wildman–Crippen LogP) is 1.39. The van der Waals surface area contributed by atoms with Crippen LogP contribution < -0.4 is 5.32 Å². The fraction of sp³-hybridized carbons (Fsp3) is 0.833. The van der Waals surface area contributed by atoms with Crippen molar-refractivity contribution in [2.45, 2.75) is 26.2 Å². The molecule has 0 spiro atoms. The van der Waals surface area contributed by atoms with Gasteiger partial charge >= 0.3 is 0 Å². The zero-order valence-electron chi connectivity index (χ0n) is 9.10. The number of rotatable bonds is 2. The van der Waals surface area contributed by atoms with Gasteiger partial charge in [0.1, 0.15) is 0 Å². The zero-order chi connectivity index (χ0) is 9.60. The molecule has 0 radical (unpaired) electrons. The lowest BCUT2D eigenvalue weighted by molar-refractivity contribution is 0.0992. The highest BCUT2D eigenvalue weighted by atomic mass is 15.2. The van der Waals surface area contributed by atoms with Crippen molar-refractivity contribution >= 4 is 0 Å². The second kappa shape index (κ2) is 3.07. The molecule has 3 rings (SSSR count). The first kappa shape index (κ1) is 8.93. The van der Waals surface area contributed by atoms with Gasteiger partial charge in [-0.2, -0.15) is 0 Å². The van der Waals surface area contributed by atoms with Crippen LogP contribution in [0.25, 0.3) is 0 Å². The predicted molar refractivity (Wildman–Crippen MR) is 58.3 cm³/mol. The number of hydrogen-bond donors (Lipinski definition) is 1. The number of hydrogen-bond acceptors (Lipinski definition) is 2. The van der Waals surface area contributed by atoms with E-state index in [-0.39, 0.29) is 0 Å². The van der Waals surface area contributed by atoms with Gasteiger partial charge in [-0.15, -0.1) is 0 Å². The van der Waals surface area contributed by atoms with Crippen molar-refractivity contribution < 1.29 is 0 Å². The minimum absolute atomic E-state index is 0.660. The van der Waals surface area contributed by atoms with Crippen molar-refractivity contribution in [1.29, 1.82) is 0 Å². The van der Waals surface area contributed by atoms with E-state index in [9.17, 15) is 0 Å². The Bertz CT molecular complexity index is 260. The maximum absolute atomic E-state index is 3.43. The Labute approximate surface area is 86.4 Å². The van der Waals surface area contributed by atoms with Gasteiger partial charge in [0.05, 0.1) is 0 Å². The maximum Gasteiger partial charge on any atom is 0.0212 e. The van der Waals surface area contributed by atoms with E-state index in [4.69, 9.17) is 0 Å². The quantitative estimate of drug-likeness (QED) is 0.665. The molecule has 0 unspecified atom stereocenters. The first-order valence-electron chi connectivity index (χ1n) is 5.88. The molecule has 0 bridgehead atoms. The monoisotopic (exact) mass is 192 g/mol. The minimum Gasteiger partial charge on any atom is -0.309 e. The van der Waals surface area contributed by atoms with Crippen LogP contribution in [0, 0.1) is 5.41 Å². The fourth-order valence-corrected chi connectivity index (χ4v) is 3.14. The largest absolute Gasteiger partial charge is 0.309 e. The second-order valence-electron chi connectivity index (χ2n) is 5.62. The third-order valence-electron chi connectivity index (χ3n) is 4.17. The average Bonchev–Trinajstić information content (AvgIpc) is 2.60. The van der Waals surface area contributed by atoms with Crippen molar-refractivity contribution in [2.24, 2.45) is 5.41 Å². The highest BCUT2D eigenvalue weighted by Crippen LogP contribution is 2.41. The Hall–Kier alpha value is -0.340. The van der Waals surface area contributed by atoms with Crippen molar-refractivity contribution in [3.8, 4) is 0 Å². The highest BCUT2D eigenvalue weighted by molar-refractivity contribution is 5.29. The third-order valence-corrected chi connectivity index (χ3v) is 4.17. The molecule has 1 aliphatic carbocycles. The van der Waals surface area contributed by atoms with Crippen molar-refractivity contribution in [3.05, 3.63) is 11.1 Å². The molecular weight excluding hydrogens is 172 g/mol. The van der Waals surface area contributed by atoms with Gasteiger partial charge in [-0.3, -0.25) is 4.90 Å².